The Morgan fingerprint density at radius 1 is 0.902 bits per heavy atom. The predicted molar refractivity (Wildman–Crippen MR) is 136 cm³/mol. The van der Waals surface area contributed by atoms with E-state index in [2.05, 4.69) is 15.5 Å². The number of hydrogen-bond acceptors (Lipinski definition) is 4. The van der Waals surface area contributed by atoms with Crippen molar-refractivity contribution in [1.29, 1.82) is 0 Å². The van der Waals surface area contributed by atoms with E-state index in [1.165, 1.54) is 30.3 Å². The van der Waals surface area contributed by atoms with Crippen molar-refractivity contribution < 1.29 is 45.1 Å². The number of ether oxygens (including phenoxy) is 1. The van der Waals surface area contributed by atoms with Crippen LogP contribution in [-0.4, -0.2) is 54.6 Å². The van der Waals surface area contributed by atoms with Gasteiger partial charge in [0.2, 0.25) is 11.8 Å². The number of alkyl halides is 6. The van der Waals surface area contributed by atoms with Crippen molar-refractivity contribution in [2.45, 2.75) is 49.6 Å². The molecule has 13 heteroatoms. The summed E-state index contributed by atoms with van der Waals surface area (Å²) in [4.78, 5) is 28.6. The summed E-state index contributed by atoms with van der Waals surface area (Å²) in [5.74, 6) is -2.09. The van der Waals surface area contributed by atoms with Crippen molar-refractivity contribution in [3.05, 3.63) is 71.0 Å². The molecule has 6 nitrogen and oxygen atoms in total. The maximum Gasteiger partial charge on any atom is 0.416 e. The Bertz CT molecular complexity index is 1230. The van der Waals surface area contributed by atoms with Gasteiger partial charge in [-0.05, 0) is 67.7 Å². The van der Waals surface area contributed by atoms with Crippen molar-refractivity contribution in [2.24, 2.45) is 0 Å². The molecule has 2 aliphatic rings. The first-order valence-electron chi connectivity index (χ1n) is 12.9. The molecule has 2 amide bonds. The summed E-state index contributed by atoms with van der Waals surface area (Å²) in [6, 6.07) is 6.15. The van der Waals surface area contributed by atoms with E-state index in [0.29, 0.717) is 56.8 Å². The van der Waals surface area contributed by atoms with Crippen LogP contribution in [0.15, 0.2) is 48.5 Å². The number of benzene rings is 2. The summed E-state index contributed by atoms with van der Waals surface area (Å²) in [6.45, 7) is 2.45. The molecule has 222 valence electrons. The molecule has 41 heavy (non-hydrogen) atoms. The largest absolute Gasteiger partial charge is 0.416 e. The fraction of sp³-hybridized carbons (Fsp3) is 0.429. The van der Waals surface area contributed by atoms with E-state index in [1.54, 1.807) is 0 Å². The van der Waals surface area contributed by atoms with Crippen molar-refractivity contribution in [3.63, 3.8) is 0 Å². The molecule has 0 atom stereocenters. The zero-order valence-corrected chi connectivity index (χ0v) is 21.7. The van der Waals surface area contributed by atoms with E-state index in [-0.39, 0.29) is 24.9 Å². The quantitative estimate of drug-likeness (QED) is 0.339. The number of carbonyl (C=O) groups is 2. The predicted octanol–water partition coefficient (Wildman–Crippen LogP) is 5.65. The second-order valence-electron chi connectivity index (χ2n) is 10.1. The van der Waals surface area contributed by atoms with Gasteiger partial charge in [-0.15, -0.1) is 0 Å². The van der Waals surface area contributed by atoms with Crippen LogP contribution < -0.4 is 10.6 Å². The number of hydrogen-bond donors (Lipinski definition) is 2. The third-order valence-electron chi connectivity index (χ3n) is 7.31. The van der Waals surface area contributed by atoms with E-state index in [0.717, 1.165) is 6.08 Å². The molecule has 1 saturated heterocycles. The van der Waals surface area contributed by atoms with Crippen LogP contribution in [0.4, 0.5) is 36.4 Å². The monoisotopic (exact) mass is 587 g/mol. The summed E-state index contributed by atoms with van der Waals surface area (Å²) in [5.41, 5.74) is -4.93. The van der Waals surface area contributed by atoms with Gasteiger partial charge in [-0.25, -0.2) is 4.39 Å². The van der Waals surface area contributed by atoms with Crippen LogP contribution in [-0.2, 0) is 26.7 Å². The summed E-state index contributed by atoms with van der Waals surface area (Å²) in [7, 11) is 0. The van der Waals surface area contributed by atoms with Crippen LogP contribution in [0, 0.1) is 5.82 Å². The van der Waals surface area contributed by atoms with Crippen molar-refractivity contribution >= 4 is 23.6 Å². The van der Waals surface area contributed by atoms with Crippen LogP contribution in [0.1, 0.15) is 42.4 Å². The Hall–Kier alpha value is -3.45. The van der Waals surface area contributed by atoms with Gasteiger partial charge in [-0.3, -0.25) is 14.5 Å². The molecule has 1 saturated carbocycles. The van der Waals surface area contributed by atoms with E-state index in [1.807, 2.05) is 0 Å². The number of halogens is 7. The van der Waals surface area contributed by atoms with Crippen molar-refractivity contribution in [3.8, 4) is 0 Å². The molecule has 0 spiro atoms. The van der Waals surface area contributed by atoms with E-state index in [4.69, 9.17) is 4.74 Å². The second-order valence-corrected chi connectivity index (χ2v) is 10.1. The van der Waals surface area contributed by atoms with Crippen LogP contribution >= 0.6 is 0 Å². The molecular formula is C28H28F7N3O3. The normalized spacial score (nSPS) is 22.5. The highest BCUT2D eigenvalue weighted by Gasteiger charge is 2.45. The van der Waals surface area contributed by atoms with Gasteiger partial charge in [0.25, 0.3) is 0 Å². The Morgan fingerprint density at radius 2 is 1.46 bits per heavy atom. The molecule has 1 heterocycles. The molecular weight excluding hydrogens is 559 g/mol. The zero-order valence-electron chi connectivity index (χ0n) is 21.7. The molecule has 4 rings (SSSR count). The highest BCUT2D eigenvalue weighted by molar-refractivity contribution is 6.03. The van der Waals surface area contributed by atoms with Gasteiger partial charge in [-0.1, -0.05) is 12.1 Å². The Kier molecular flexibility index (Phi) is 9.07. The average molecular weight is 588 g/mol. The smallest absolute Gasteiger partial charge is 0.379 e. The molecule has 2 aromatic rings. The SMILES string of the molecule is O=C(C=Cc1ccc(F)cc1)NC1(C(=O)Nc2cc(C(F)(F)F)cc(C(F)(F)F)c2)CCC(N2CCOCC2)CC1. The molecule has 2 aromatic carbocycles. The van der Waals surface area contributed by atoms with Gasteiger partial charge < -0.3 is 15.4 Å². The number of morpholine rings is 1. The summed E-state index contributed by atoms with van der Waals surface area (Å²) >= 11 is 0. The minimum absolute atomic E-state index is 0.0268. The lowest BCUT2D eigenvalue weighted by molar-refractivity contribution is -0.143. The third-order valence-corrected chi connectivity index (χ3v) is 7.31. The van der Waals surface area contributed by atoms with Crippen LogP contribution in [0.2, 0.25) is 0 Å². The number of amides is 2. The molecule has 0 bridgehead atoms. The maximum atomic E-state index is 13.6. The van der Waals surface area contributed by atoms with Gasteiger partial charge >= 0.3 is 12.4 Å². The minimum atomic E-state index is -5.09. The first-order chi connectivity index (χ1) is 19.2. The Morgan fingerprint density at radius 3 is 2.00 bits per heavy atom. The lowest BCUT2D eigenvalue weighted by atomic mass is 9.77. The minimum Gasteiger partial charge on any atom is -0.379 e. The highest BCUT2D eigenvalue weighted by atomic mass is 19.4. The number of carbonyl (C=O) groups excluding carboxylic acids is 2. The van der Waals surface area contributed by atoms with Crippen LogP contribution in [0.5, 0.6) is 0 Å². The number of rotatable bonds is 6. The summed E-state index contributed by atoms with van der Waals surface area (Å²) in [6.07, 6.45) is -6.56. The summed E-state index contributed by atoms with van der Waals surface area (Å²) in [5, 5.41) is 4.85. The number of anilines is 1. The van der Waals surface area contributed by atoms with Crippen molar-refractivity contribution in [1.82, 2.24) is 10.2 Å². The number of nitrogens with one attached hydrogen (secondary N) is 2. The molecule has 0 aromatic heterocycles. The van der Waals surface area contributed by atoms with Gasteiger partial charge in [-0.2, -0.15) is 26.3 Å². The molecule has 0 radical (unpaired) electrons. The second kappa shape index (κ2) is 12.2. The zero-order chi connectivity index (χ0) is 29.8. The topological polar surface area (TPSA) is 70.7 Å². The first-order valence-corrected chi connectivity index (χ1v) is 12.9. The van der Waals surface area contributed by atoms with Gasteiger partial charge in [0.15, 0.2) is 0 Å². The lowest BCUT2D eigenvalue weighted by Gasteiger charge is -2.43. The van der Waals surface area contributed by atoms with Crippen LogP contribution in [0.3, 0.4) is 0 Å². The van der Waals surface area contributed by atoms with Gasteiger partial charge in [0, 0.05) is 30.9 Å². The molecule has 1 aliphatic carbocycles. The third kappa shape index (κ3) is 7.85. The van der Waals surface area contributed by atoms with E-state index < -0.39 is 52.3 Å². The van der Waals surface area contributed by atoms with E-state index >= 15 is 0 Å². The fourth-order valence-electron chi connectivity index (χ4n) is 5.11. The standard InChI is InChI=1S/C28H28F7N3O3/c29-21-4-1-18(2-5-21)3-6-24(39)37-26(9-7-23(8-10-26)38-11-13-41-14-12-38)25(40)36-22-16-19(27(30,31)32)15-20(17-22)28(33,34)35/h1-6,15-17,23H,7-14H2,(H,36,40)(H,37,39). The fourth-order valence-corrected chi connectivity index (χ4v) is 5.11. The van der Waals surface area contributed by atoms with Gasteiger partial charge in [0.1, 0.15) is 11.4 Å². The highest BCUT2D eigenvalue weighted by Crippen LogP contribution is 2.38. The molecule has 2 fully saturated rings. The molecule has 2 N–H and O–H groups in total. The molecule has 0 unspecified atom stereocenters. The average Bonchev–Trinajstić information content (AvgIpc) is 2.92. The summed E-state index contributed by atoms with van der Waals surface area (Å²) < 4.78 is 98.7. The number of nitrogens with zero attached hydrogens (tertiary/aromatic N) is 1. The van der Waals surface area contributed by atoms with E-state index in [9.17, 15) is 40.3 Å². The Labute approximate surface area is 231 Å². The Balaban J connectivity index is 1.58. The lowest BCUT2D eigenvalue weighted by Crippen LogP contribution is -2.60. The van der Waals surface area contributed by atoms with Gasteiger partial charge in [0.05, 0.1) is 24.3 Å². The van der Waals surface area contributed by atoms with Crippen LogP contribution in [0.25, 0.3) is 6.08 Å². The first kappa shape index (κ1) is 30.5. The molecule has 1 aliphatic heterocycles. The van der Waals surface area contributed by atoms with Crippen molar-refractivity contribution in [2.75, 3.05) is 31.6 Å². The maximum absolute atomic E-state index is 13.6.